The summed E-state index contributed by atoms with van der Waals surface area (Å²) in [5.74, 6) is 0.442. The molecule has 0 spiro atoms. The Morgan fingerprint density at radius 1 is 1.12 bits per heavy atom. The van der Waals surface area contributed by atoms with Crippen LogP contribution in [0, 0.1) is 0 Å². The fourth-order valence-electron chi connectivity index (χ4n) is 2.28. The molecule has 0 aromatic heterocycles. The summed E-state index contributed by atoms with van der Waals surface area (Å²) in [6.45, 7) is 2.14. The summed E-state index contributed by atoms with van der Waals surface area (Å²) in [6.07, 6.45) is 1.78. The molecule has 0 atom stereocenters. The van der Waals surface area contributed by atoms with Crippen molar-refractivity contribution in [2.45, 2.75) is 11.8 Å². The van der Waals surface area contributed by atoms with Crippen molar-refractivity contribution in [1.29, 1.82) is 0 Å². The molecule has 122 valence electrons. The van der Waals surface area contributed by atoms with Gasteiger partial charge in [0.25, 0.3) is 0 Å². The molecule has 1 aliphatic heterocycles. The molecule has 1 aliphatic rings. The molecule has 0 bridgehead atoms. The highest BCUT2D eigenvalue weighted by atomic mass is 32.2. The molecule has 4 nitrogen and oxygen atoms in total. The minimum Gasteiger partial charge on any atom is -0.497 e. The van der Waals surface area contributed by atoms with Gasteiger partial charge in [0.1, 0.15) is 5.75 Å². The number of fused-ring (bicyclic) bond motifs is 1. The molecule has 0 saturated heterocycles. The van der Waals surface area contributed by atoms with Gasteiger partial charge < -0.3 is 9.47 Å². The second-order valence-electron chi connectivity index (χ2n) is 5.02. The molecule has 2 aromatic carbocycles. The summed E-state index contributed by atoms with van der Waals surface area (Å²) in [5.41, 5.74) is 2.47. The van der Waals surface area contributed by atoms with Gasteiger partial charge in [-0.05, 0) is 49.4 Å². The maximum Gasteiger partial charge on any atom is 0.345 e. The van der Waals surface area contributed by atoms with E-state index in [0.717, 1.165) is 27.6 Å². The monoisotopic (exact) mass is 339 g/mol. The van der Waals surface area contributed by atoms with Gasteiger partial charge in [0.15, 0.2) is 0 Å². The maximum atomic E-state index is 12.3. The number of hydrogen-bond acceptors (Lipinski definition) is 5. The fraction of sp³-hybridized carbons (Fsp3) is 0.158. The van der Waals surface area contributed by atoms with Crippen LogP contribution in [0.25, 0.3) is 0 Å². The second-order valence-corrected chi connectivity index (χ2v) is 6.11. The summed E-state index contributed by atoms with van der Waals surface area (Å²) < 4.78 is 10.4. The third-order valence-electron chi connectivity index (χ3n) is 3.46. The lowest BCUT2D eigenvalue weighted by Gasteiger charge is -2.06. The van der Waals surface area contributed by atoms with Crippen LogP contribution in [0.4, 0.5) is 5.69 Å². The predicted octanol–water partition coefficient (Wildman–Crippen LogP) is 4.37. The van der Waals surface area contributed by atoms with Crippen LogP contribution in [0.5, 0.6) is 5.75 Å². The van der Waals surface area contributed by atoms with Crippen LogP contribution < -0.4 is 4.74 Å². The van der Waals surface area contributed by atoms with Crippen LogP contribution >= 0.6 is 11.8 Å². The molecule has 0 saturated carbocycles. The number of ether oxygens (including phenoxy) is 2. The molecule has 0 radical (unpaired) electrons. The Morgan fingerprint density at radius 2 is 1.88 bits per heavy atom. The molecule has 3 rings (SSSR count). The van der Waals surface area contributed by atoms with Crippen LogP contribution in [-0.4, -0.2) is 25.4 Å². The van der Waals surface area contributed by atoms with E-state index in [1.165, 1.54) is 11.8 Å². The number of aliphatic imine (C=N–C) groups is 1. The molecule has 0 fully saturated rings. The number of para-hydroxylation sites is 1. The first-order valence-electron chi connectivity index (χ1n) is 7.60. The molecule has 0 unspecified atom stereocenters. The lowest BCUT2D eigenvalue weighted by atomic mass is 10.1. The number of carbonyl (C=O) groups excluding carboxylic acids is 1. The number of esters is 1. The van der Waals surface area contributed by atoms with Crippen LogP contribution in [0.15, 0.2) is 69.4 Å². The van der Waals surface area contributed by atoms with Crippen molar-refractivity contribution >= 4 is 29.1 Å². The molecule has 0 N–H and O–H groups in total. The third kappa shape index (κ3) is 3.51. The van der Waals surface area contributed by atoms with E-state index in [1.54, 1.807) is 20.1 Å². The van der Waals surface area contributed by atoms with E-state index in [9.17, 15) is 4.79 Å². The van der Waals surface area contributed by atoms with Gasteiger partial charge in [0.2, 0.25) is 0 Å². The first-order chi connectivity index (χ1) is 11.7. The smallest absolute Gasteiger partial charge is 0.345 e. The Hall–Kier alpha value is -2.53. The summed E-state index contributed by atoms with van der Waals surface area (Å²) >= 11 is 1.38. The van der Waals surface area contributed by atoms with Crippen LogP contribution in [0.3, 0.4) is 0 Å². The Kier molecular flexibility index (Phi) is 5.01. The quantitative estimate of drug-likeness (QED) is 0.776. The van der Waals surface area contributed by atoms with Gasteiger partial charge in [-0.3, -0.25) is 0 Å². The largest absolute Gasteiger partial charge is 0.497 e. The number of thioether (sulfide) groups is 1. The topological polar surface area (TPSA) is 47.9 Å². The first-order valence-corrected chi connectivity index (χ1v) is 8.41. The lowest BCUT2D eigenvalue weighted by Crippen LogP contribution is -2.07. The number of carbonyl (C=O) groups is 1. The summed E-state index contributed by atoms with van der Waals surface area (Å²) in [6, 6.07) is 15.4. The number of methoxy groups -OCH3 is 1. The van der Waals surface area contributed by atoms with Crippen LogP contribution in [0.2, 0.25) is 0 Å². The van der Waals surface area contributed by atoms with Crippen LogP contribution in [0.1, 0.15) is 12.5 Å². The third-order valence-corrected chi connectivity index (χ3v) is 4.53. The van der Waals surface area contributed by atoms with E-state index in [-0.39, 0.29) is 5.97 Å². The number of benzene rings is 2. The van der Waals surface area contributed by atoms with Gasteiger partial charge in [-0.1, -0.05) is 23.9 Å². The highest BCUT2D eigenvalue weighted by Crippen LogP contribution is 2.38. The van der Waals surface area contributed by atoms with E-state index < -0.39 is 0 Å². The molecular weight excluding hydrogens is 322 g/mol. The maximum absolute atomic E-state index is 12.3. The SMILES string of the molecule is CCOC(=O)C1=CC(c2ccc(OC)cc2)=Nc2ccccc2S1. The van der Waals surface area contributed by atoms with Crippen molar-refractivity contribution < 1.29 is 14.3 Å². The Balaban J connectivity index is 2.07. The van der Waals surface area contributed by atoms with Gasteiger partial charge in [0, 0.05) is 10.5 Å². The molecule has 0 aliphatic carbocycles. The standard InChI is InChI=1S/C19H17NO3S/c1-3-23-19(21)18-12-16(13-8-10-14(22-2)11-9-13)20-15-6-4-5-7-17(15)24-18/h4-12H,3H2,1-2H3. The molecule has 24 heavy (non-hydrogen) atoms. The van der Waals surface area contributed by atoms with Crippen molar-refractivity contribution in [1.82, 2.24) is 0 Å². The van der Waals surface area contributed by atoms with Crippen molar-refractivity contribution in [2.24, 2.45) is 4.99 Å². The van der Waals surface area contributed by atoms with E-state index in [1.807, 2.05) is 48.5 Å². The molecule has 1 heterocycles. The van der Waals surface area contributed by atoms with E-state index in [2.05, 4.69) is 0 Å². The predicted molar refractivity (Wildman–Crippen MR) is 96.2 cm³/mol. The number of rotatable bonds is 4. The highest BCUT2D eigenvalue weighted by Gasteiger charge is 2.19. The summed E-state index contributed by atoms with van der Waals surface area (Å²) in [4.78, 5) is 18.4. The molecular formula is C19H17NO3S. The number of hydrogen-bond donors (Lipinski definition) is 0. The van der Waals surface area contributed by atoms with Gasteiger partial charge in [-0.25, -0.2) is 9.79 Å². The fourth-order valence-corrected chi connectivity index (χ4v) is 3.20. The number of allylic oxidation sites excluding steroid dienone is 1. The van der Waals surface area contributed by atoms with Gasteiger partial charge in [-0.15, -0.1) is 0 Å². The van der Waals surface area contributed by atoms with Gasteiger partial charge in [0.05, 0.1) is 30.0 Å². The molecule has 0 amide bonds. The second kappa shape index (κ2) is 7.36. The summed E-state index contributed by atoms with van der Waals surface area (Å²) in [7, 11) is 1.63. The minimum absolute atomic E-state index is 0.333. The zero-order valence-corrected chi connectivity index (χ0v) is 14.3. The van der Waals surface area contributed by atoms with E-state index >= 15 is 0 Å². The van der Waals surface area contributed by atoms with Crippen molar-refractivity contribution in [3.63, 3.8) is 0 Å². The zero-order chi connectivity index (χ0) is 16.9. The highest BCUT2D eigenvalue weighted by molar-refractivity contribution is 8.04. The lowest BCUT2D eigenvalue weighted by molar-refractivity contribution is -0.137. The van der Waals surface area contributed by atoms with E-state index in [4.69, 9.17) is 14.5 Å². The van der Waals surface area contributed by atoms with Gasteiger partial charge in [-0.2, -0.15) is 0 Å². The Bertz CT molecular complexity index is 810. The van der Waals surface area contributed by atoms with Gasteiger partial charge >= 0.3 is 5.97 Å². The normalized spacial score (nSPS) is 13.2. The molecule has 2 aromatic rings. The Labute approximate surface area is 145 Å². The van der Waals surface area contributed by atoms with Crippen molar-refractivity contribution in [2.75, 3.05) is 13.7 Å². The van der Waals surface area contributed by atoms with Crippen molar-refractivity contribution in [3.8, 4) is 5.75 Å². The van der Waals surface area contributed by atoms with Crippen molar-refractivity contribution in [3.05, 3.63) is 65.1 Å². The average Bonchev–Trinajstić information content (AvgIpc) is 2.81. The van der Waals surface area contributed by atoms with Crippen LogP contribution in [-0.2, 0) is 9.53 Å². The number of nitrogens with zero attached hydrogens (tertiary/aromatic N) is 1. The average molecular weight is 339 g/mol. The first kappa shape index (κ1) is 16.3. The summed E-state index contributed by atoms with van der Waals surface area (Å²) in [5, 5.41) is 0. The van der Waals surface area contributed by atoms with E-state index in [0.29, 0.717) is 11.5 Å². The molecule has 5 heteroatoms. The Morgan fingerprint density at radius 3 is 2.58 bits per heavy atom. The zero-order valence-electron chi connectivity index (χ0n) is 13.5. The minimum atomic E-state index is -0.333.